The van der Waals surface area contributed by atoms with Crippen molar-refractivity contribution in [2.45, 2.75) is 0 Å². The van der Waals surface area contributed by atoms with E-state index < -0.39 is 275 Å². The van der Waals surface area contributed by atoms with Crippen molar-refractivity contribution in [1.82, 2.24) is 0 Å². The van der Waals surface area contributed by atoms with E-state index in [1.807, 2.05) is 0 Å². The van der Waals surface area contributed by atoms with Crippen LogP contribution in [0, 0.1) is 0 Å². The topological polar surface area (TPSA) is 1750 Å². The third-order valence-electron chi connectivity index (χ3n) is 0. The van der Waals surface area contributed by atoms with Gasteiger partial charge < -0.3 is 310 Å². The molecule has 90 nitrogen and oxygen atoms in total. The van der Waals surface area contributed by atoms with Crippen molar-refractivity contribution in [2.24, 2.45) is 0 Å². The molecule has 0 saturated carbocycles. The second-order valence-electron chi connectivity index (χ2n) is 8.31. The van der Waals surface area contributed by atoms with Crippen LogP contribution in [0.2, 0.25) is 0 Å². The maximum absolute atomic E-state index is 8.74. The predicted molar refractivity (Wildman–Crippen MR) is 333 cm³/mol. The molecule has 0 atom stereocenters. The molecule has 0 aromatic heterocycles. The summed E-state index contributed by atoms with van der Waals surface area (Å²) in [6.07, 6.45) is 0. The van der Waals surface area contributed by atoms with Crippen molar-refractivity contribution in [3.05, 3.63) is 0 Å². The van der Waals surface area contributed by atoms with Crippen molar-refractivity contribution < 1.29 is 422 Å². The molecular weight excluding hydrogens is 2480 g/mol. The SMILES string of the molecule is O=[Si](O)O.O=[Si](O)O.O=[Si](O)O.O=[Si](O)O.O=[Si](O)O.O=[Si](O)O.O=[Si](O)O.O=[Si](O)O.O=[Si](O)O.O=[Si](O)O.O=[Si](O)O.O=[Si](O)O.O=[Si](O)O.O=[Si](O)O.O=[Si](O)O.O=[Si](O)O.O=[Si](O)O.O=[Si](O)O.O=[Si](O)O.O=[Si](O)O.O=[Si](O)O.O=[Si](O)O.O=[Si](O)O.O=[Si](O)O.O=[Si](O)O.O=[Si]([O-])[O-].O=[Si]([O-])[O-].O=[Si]([O-])[O-].O=[Si]([O-])[O-].O=[Si]([O-])[O-].[Ca+2].[Ca+2].[Ca+2].[Ca+2].[Ca+2]. The van der Waals surface area contributed by atoms with Crippen molar-refractivity contribution >= 4 is 464 Å². The van der Waals surface area contributed by atoms with E-state index in [-0.39, 0.29) is 189 Å². The fourth-order valence-electron chi connectivity index (χ4n) is 0. The summed E-state index contributed by atoms with van der Waals surface area (Å²) in [6.45, 7) is 0. The summed E-state index contributed by atoms with van der Waals surface area (Å²) in [4.78, 5) is 443. The Hall–Kier alpha value is -5.19. The van der Waals surface area contributed by atoms with Gasteiger partial charge in [0.2, 0.25) is 0 Å². The van der Waals surface area contributed by atoms with Gasteiger partial charge in [0.05, 0.1) is 0 Å². The molecule has 125 heavy (non-hydrogen) atoms. The molecule has 0 heterocycles. The maximum Gasteiger partial charge on any atom is 2.00 e. The van der Waals surface area contributed by atoms with Crippen LogP contribution in [-0.4, -0.2) is 704 Å². The maximum atomic E-state index is 8.74. The Morgan fingerprint density at radius 1 is 0.0800 bits per heavy atom. The molecular formula is H50Ca5O90Si30. The first-order chi connectivity index (χ1) is 52.0. The zero-order valence-corrected chi connectivity index (χ0v) is 98.3. The molecule has 0 spiro atoms. The van der Waals surface area contributed by atoms with Crippen LogP contribution in [0.1, 0.15) is 0 Å². The Balaban J connectivity index is -0.0000000203. The fourth-order valence-corrected chi connectivity index (χ4v) is 0. The van der Waals surface area contributed by atoms with Crippen LogP contribution < -0.4 is 48.0 Å². The Bertz CT molecular complexity index is 1700. The van der Waals surface area contributed by atoms with E-state index in [4.69, 9.17) is 422 Å². The molecule has 0 aromatic rings. The van der Waals surface area contributed by atoms with E-state index in [9.17, 15) is 0 Å². The average molecular weight is 2530 g/mol. The molecule has 0 aliphatic rings. The molecule has 720 valence electrons. The van der Waals surface area contributed by atoms with E-state index in [2.05, 4.69) is 0 Å². The Labute approximate surface area is 873 Å². The summed E-state index contributed by atoms with van der Waals surface area (Å²) in [7, 11) is -96.4. The van der Waals surface area contributed by atoms with Gasteiger partial charge in [0.1, 0.15) is 0 Å². The minimum absolute atomic E-state index is 0. The molecule has 0 rings (SSSR count). The standard InChI is InChI=1S/5Ca.25H2O3Si.5O3Si/c;;;;;30*1-4(2)3/h;;;;;25*1-2H;;;;;/q5*+2;;;;;;;;;;;;;;;;;;;;;;;;;;5*-2. The first kappa shape index (κ1) is 235. The van der Waals surface area contributed by atoms with Gasteiger partial charge in [-0.1, -0.05) is 0 Å². The van der Waals surface area contributed by atoms with Crippen LogP contribution in [0.5, 0.6) is 0 Å². The van der Waals surface area contributed by atoms with Crippen LogP contribution in [0.4, 0.5) is 0 Å². The van der Waals surface area contributed by atoms with E-state index in [0.717, 1.165) is 0 Å². The van der Waals surface area contributed by atoms with Gasteiger partial charge in [-0.05, 0) is 0 Å². The Kier molecular flexibility index (Phi) is 431. The molecule has 0 aliphatic carbocycles. The van der Waals surface area contributed by atoms with E-state index in [1.165, 1.54) is 0 Å². The Morgan fingerprint density at radius 2 is 0.0800 bits per heavy atom. The van der Waals surface area contributed by atoms with E-state index in [1.54, 1.807) is 0 Å². The first-order valence-electron chi connectivity index (χ1n) is 19.3. The van der Waals surface area contributed by atoms with Gasteiger partial charge in [0, 0.05) is 45.9 Å². The molecule has 0 saturated heterocycles. The zero-order chi connectivity index (χ0) is 107. The molecule has 0 bridgehead atoms. The van der Waals surface area contributed by atoms with Gasteiger partial charge in [0.25, 0.3) is 0 Å². The van der Waals surface area contributed by atoms with Gasteiger partial charge in [-0.25, -0.2) is 0 Å². The summed E-state index contributed by atoms with van der Waals surface area (Å²) >= 11 is 0. The summed E-state index contributed by atoms with van der Waals surface area (Å²) in [5, 5.41) is 0. The van der Waals surface area contributed by atoms with E-state index in [0.29, 0.717) is 0 Å². The zero-order valence-electron chi connectivity index (χ0n) is 57.2. The summed E-state index contributed by atoms with van der Waals surface area (Å²) < 4.78 is 261. The third kappa shape index (κ3) is 60100. The number of hydrogen-bond acceptors (Lipinski definition) is 40. The summed E-state index contributed by atoms with van der Waals surface area (Å²) in [5.41, 5.74) is 0. The van der Waals surface area contributed by atoms with Crippen molar-refractivity contribution in [1.29, 1.82) is 0 Å². The van der Waals surface area contributed by atoms with Crippen LogP contribution >= 0.6 is 0 Å². The molecule has 0 aromatic carbocycles. The molecule has 0 fully saturated rings. The van der Waals surface area contributed by atoms with E-state index >= 15 is 0 Å². The summed E-state index contributed by atoms with van der Waals surface area (Å²) in [5.74, 6) is 0. The molecule has 0 radical (unpaired) electrons. The minimum Gasteiger partial charge on any atom is -0.672 e. The number of hydrogen-bond donors (Lipinski definition) is 50. The average Bonchev–Trinajstić information content (AvgIpc) is 3.29. The first-order valence-corrected chi connectivity index (χ1v) is 58.0. The van der Waals surface area contributed by atoms with Crippen molar-refractivity contribution in [3.8, 4) is 0 Å². The summed E-state index contributed by atoms with van der Waals surface area (Å²) in [6, 6.07) is 0. The molecule has 125 heteroatoms. The molecule has 50 N–H and O–H groups in total. The second kappa shape index (κ2) is 229. The molecule has 0 unspecified atom stereocenters. The van der Waals surface area contributed by atoms with Crippen molar-refractivity contribution in [2.75, 3.05) is 0 Å². The van der Waals surface area contributed by atoms with Gasteiger partial charge in [0.15, 0.2) is 0 Å². The fraction of sp³-hybridized carbons (Fsp3) is 0. The minimum atomic E-state index is -3.63. The monoisotopic (exact) mass is 2530 g/mol. The van der Waals surface area contributed by atoms with Crippen LogP contribution in [0.25, 0.3) is 0 Å². The third-order valence-corrected chi connectivity index (χ3v) is 0. The largest absolute Gasteiger partial charge is 2.00 e. The second-order valence-corrected chi connectivity index (χ2v) is 24.9. The predicted octanol–water partition coefficient (Wildman–Crippen LogP) is -56.6. The molecule has 0 aliphatic heterocycles. The smallest absolute Gasteiger partial charge is 0.672 e. The molecule has 0 amide bonds. The van der Waals surface area contributed by atoms with Gasteiger partial charge >= 0.3 is 418 Å². The normalized spacial score (nSPS) is 5.76. The Morgan fingerprint density at radius 3 is 0.0800 bits per heavy atom. The van der Waals surface area contributed by atoms with Gasteiger partial charge in [-0.3, -0.25) is 112 Å². The van der Waals surface area contributed by atoms with Crippen LogP contribution in [0.15, 0.2) is 0 Å². The van der Waals surface area contributed by atoms with Crippen LogP contribution in [-0.2, 0) is 134 Å². The van der Waals surface area contributed by atoms with Crippen molar-refractivity contribution in [3.63, 3.8) is 0 Å². The number of rotatable bonds is 0. The van der Waals surface area contributed by atoms with Gasteiger partial charge in [-0.15, -0.1) is 0 Å². The van der Waals surface area contributed by atoms with Crippen LogP contribution in [0.3, 0.4) is 0 Å². The van der Waals surface area contributed by atoms with Gasteiger partial charge in [-0.2, -0.15) is 0 Å². The quantitative estimate of drug-likeness (QED) is 0.100.